The standard InChI is InChI=1S/C38H39ClF2N4O4/c1-48-37-23(5-3-6-26-12-16-34(47)43-26)10-14-32(44-37)29-8-4-7-28(35(29)39)30-18-25(40)19-31(36(30)41)33-15-11-24(38(45-33)49-2)21-42-20-22-9-13-27(46)17-22/h4,7-8,10-11,14-15,18-19,22,26,42H,3,5-6,9,12-13,16-17,20-21H2,1-2H3,(H,43,47)/t22-,26-/m1/s1. The van der Waals surface area contributed by atoms with Crippen LogP contribution < -0.4 is 20.1 Å². The Kier molecular flexibility index (Phi) is 10.8. The summed E-state index contributed by atoms with van der Waals surface area (Å²) >= 11 is 6.91. The summed E-state index contributed by atoms with van der Waals surface area (Å²) in [7, 11) is 3.04. The van der Waals surface area contributed by atoms with Crippen molar-refractivity contribution in [3.63, 3.8) is 0 Å². The largest absolute Gasteiger partial charge is 0.481 e. The summed E-state index contributed by atoms with van der Waals surface area (Å²) in [5.74, 6) is 0.153. The van der Waals surface area contributed by atoms with Gasteiger partial charge < -0.3 is 20.1 Å². The second kappa shape index (κ2) is 15.4. The summed E-state index contributed by atoms with van der Waals surface area (Å²) in [6, 6.07) is 14.8. The molecule has 4 aromatic rings. The third-order valence-corrected chi connectivity index (χ3v) is 9.73. The molecule has 1 saturated heterocycles. The van der Waals surface area contributed by atoms with Gasteiger partial charge in [0.2, 0.25) is 17.7 Å². The van der Waals surface area contributed by atoms with Crippen LogP contribution in [0.4, 0.5) is 8.78 Å². The maximum atomic E-state index is 16.3. The Bertz CT molecular complexity index is 1870. The molecule has 49 heavy (non-hydrogen) atoms. The highest BCUT2D eigenvalue weighted by molar-refractivity contribution is 6.36. The van der Waals surface area contributed by atoms with Gasteiger partial charge in [0.1, 0.15) is 17.4 Å². The quantitative estimate of drug-likeness (QED) is 0.150. The Hall–Kier alpha value is -4.41. The second-order valence-corrected chi connectivity index (χ2v) is 13.1. The molecular weight excluding hydrogens is 650 g/mol. The van der Waals surface area contributed by atoms with E-state index in [-0.39, 0.29) is 33.8 Å². The van der Waals surface area contributed by atoms with Crippen molar-refractivity contribution >= 4 is 23.3 Å². The summed E-state index contributed by atoms with van der Waals surface area (Å²) in [5, 5.41) is 6.57. The molecular formula is C38H39ClF2N4O4. The third-order valence-electron chi connectivity index (χ3n) is 9.32. The Morgan fingerprint density at radius 1 is 0.878 bits per heavy atom. The molecule has 256 valence electrons. The number of hydrogen-bond donors (Lipinski definition) is 2. The fourth-order valence-corrected chi connectivity index (χ4v) is 7.06. The van der Waals surface area contributed by atoms with Crippen LogP contribution in [-0.4, -0.2) is 48.5 Å². The number of pyridine rings is 2. The van der Waals surface area contributed by atoms with Crippen molar-refractivity contribution in [1.29, 1.82) is 0 Å². The summed E-state index contributed by atoms with van der Waals surface area (Å²) in [6.45, 7) is 1.16. The van der Waals surface area contributed by atoms with Gasteiger partial charge in [-0.3, -0.25) is 9.59 Å². The van der Waals surface area contributed by atoms with E-state index in [4.69, 9.17) is 26.1 Å². The van der Waals surface area contributed by atoms with Crippen molar-refractivity contribution in [3.8, 4) is 45.4 Å². The molecule has 1 aliphatic heterocycles. The Morgan fingerprint density at radius 2 is 1.57 bits per heavy atom. The van der Waals surface area contributed by atoms with E-state index in [0.29, 0.717) is 72.6 Å². The van der Waals surface area contributed by atoms with Crippen molar-refractivity contribution in [1.82, 2.24) is 20.6 Å². The van der Waals surface area contributed by atoms with Gasteiger partial charge in [0, 0.05) is 65.2 Å². The number of nitrogens with one attached hydrogen (secondary N) is 2. The van der Waals surface area contributed by atoms with Crippen LogP contribution in [0.15, 0.2) is 54.6 Å². The number of rotatable bonds is 13. The summed E-state index contributed by atoms with van der Waals surface area (Å²) in [6.07, 6.45) is 6.01. The van der Waals surface area contributed by atoms with Crippen LogP contribution in [-0.2, 0) is 22.6 Å². The summed E-state index contributed by atoms with van der Waals surface area (Å²) in [5.41, 5.74) is 3.24. The van der Waals surface area contributed by atoms with E-state index in [2.05, 4.69) is 15.6 Å². The maximum absolute atomic E-state index is 16.3. The molecule has 1 aliphatic carbocycles. The Balaban J connectivity index is 1.23. The number of methoxy groups -OCH3 is 2. The predicted octanol–water partition coefficient (Wildman–Crippen LogP) is 7.49. The SMILES string of the molecule is COc1nc(-c2cc(F)cc(-c3cccc(-c4ccc(CCC[C@@H]5CCC(=O)N5)c(OC)n4)c3Cl)c2F)ccc1CNC[C@@H]1CCC(=O)C1. The number of halogens is 3. The van der Waals surface area contributed by atoms with Crippen LogP contribution in [0.2, 0.25) is 5.02 Å². The van der Waals surface area contributed by atoms with Crippen LogP contribution in [0.25, 0.3) is 33.6 Å². The van der Waals surface area contributed by atoms with Gasteiger partial charge in [-0.1, -0.05) is 41.9 Å². The lowest BCUT2D eigenvalue weighted by molar-refractivity contribution is -0.119. The van der Waals surface area contributed by atoms with E-state index in [1.165, 1.54) is 7.11 Å². The first-order valence-electron chi connectivity index (χ1n) is 16.6. The second-order valence-electron chi connectivity index (χ2n) is 12.7. The number of ether oxygens (including phenoxy) is 2. The predicted molar refractivity (Wildman–Crippen MR) is 185 cm³/mol. The molecule has 2 aromatic heterocycles. The number of amides is 1. The molecule has 2 N–H and O–H groups in total. The van der Waals surface area contributed by atoms with E-state index >= 15 is 8.78 Å². The molecule has 0 bridgehead atoms. The lowest BCUT2D eigenvalue weighted by atomic mass is 9.97. The minimum absolute atomic E-state index is 0.0120. The minimum Gasteiger partial charge on any atom is -0.481 e. The smallest absolute Gasteiger partial charge is 0.220 e. The van der Waals surface area contributed by atoms with Crippen molar-refractivity contribution in [2.75, 3.05) is 20.8 Å². The summed E-state index contributed by atoms with van der Waals surface area (Å²) < 4.78 is 42.6. The number of aryl methyl sites for hydroxylation is 1. The van der Waals surface area contributed by atoms with Crippen LogP contribution >= 0.6 is 11.6 Å². The molecule has 0 spiro atoms. The van der Waals surface area contributed by atoms with Crippen molar-refractivity contribution in [3.05, 3.63) is 82.4 Å². The molecule has 1 saturated carbocycles. The monoisotopic (exact) mass is 688 g/mol. The van der Waals surface area contributed by atoms with Gasteiger partial charge in [-0.2, -0.15) is 0 Å². The van der Waals surface area contributed by atoms with Gasteiger partial charge in [-0.25, -0.2) is 18.7 Å². The fraction of sp³-hybridized carbons (Fsp3) is 0.368. The zero-order chi connectivity index (χ0) is 34.5. The number of benzene rings is 2. The molecule has 11 heteroatoms. The highest BCUT2D eigenvalue weighted by Crippen LogP contribution is 2.40. The Morgan fingerprint density at radius 3 is 2.27 bits per heavy atom. The highest BCUT2D eigenvalue weighted by Gasteiger charge is 2.24. The first-order chi connectivity index (χ1) is 23.7. The van der Waals surface area contributed by atoms with Crippen molar-refractivity contribution in [2.45, 2.75) is 64.0 Å². The van der Waals surface area contributed by atoms with Crippen molar-refractivity contribution in [2.24, 2.45) is 5.92 Å². The van der Waals surface area contributed by atoms with Gasteiger partial charge in [0.15, 0.2) is 0 Å². The normalized spacial score (nSPS) is 17.4. The lowest BCUT2D eigenvalue weighted by Crippen LogP contribution is -2.25. The number of nitrogens with zero attached hydrogens (tertiary/aromatic N) is 2. The van der Waals surface area contributed by atoms with Crippen molar-refractivity contribution < 1.29 is 27.8 Å². The Labute approximate surface area is 289 Å². The zero-order valence-corrected chi connectivity index (χ0v) is 28.3. The van der Waals surface area contributed by atoms with Gasteiger partial charge >= 0.3 is 0 Å². The van der Waals surface area contributed by atoms with Crippen LogP contribution in [0.1, 0.15) is 56.1 Å². The van der Waals surface area contributed by atoms with E-state index in [9.17, 15) is 9.59 Å². The van der Waals surface area contributed by atoms with Crippen LogP contribution in [0.5, 0.6) is 11.8 Å². The molecule has 0 radical (unpaired) electrons. The molecule has 2 atom stereocenters. The molecule has 0 unspecified atom stereocenters. The highest BCUT2D eigenvalue weighted by atomic mass is 35.5. The molecule has 2 aliphatic rings. The molecule has 1 amide bonds. The molecule has 2 aromatic carbocycles. The van der Waals surface area contributed by atoms with Crippen LogP contribution in [0.3, 0.4) is 0 Å². The number of Topliss-reactive ketones (excluding diaryl/α,β-unsaturated/α-hetero) is 1. The van der Waals surface area contributed by atoms with Gasteiger partial charge in [-0.15, -0.1) is 0 Å². The average molecular weight is 689 g/mol. The fourth-order valence-electron chi connectivity index (χ4n) is 6.74. The van der Waals surface area contributed by atoms with E-state index < -0.39 is 11.6 Å². The first kappa shape index (κ1) is 34.5. The molecule has 8 nitrogen and oxygen atoms in total. The van der Waals surface area contributed by atoms with E-state index in [1.54, 1.807) is 37.4 Å². The number of aromatic nitrogens is 2. The zero-order valence-electron chi connectivity index (χ0n) is 27.6. The number of carbonyl (C=O) groups is 2. The lowest BCUT2D eigenvalue weighted by Gasteiger charge is -2.16. The molecule has 2 fully saturated rings. The number of hydrogen-bond acceptors (Lipinski definition) is 7. The maximum Gasteiger partial charge on any atom is 0.220 e. The third kappa shape index (κ3) is 7.92. The average Bonchev–Trinajstić information content (AvgIpc) is 3.72. The number of ketones is 1. The molecule has 6 rings (SSSR count). The van der Waals surface area contributed by atoms with Gasteiger partial charge in [-0.05, 0) is 68.8 Å². The summed E-state index contributed by atoms with van der Waals surface area (Å²) in [4.78, 5) is 32.3. The first-order valence-corrected chi connectivity index (χ1v) is 17.0. The van der Waals surface area contributed by atoms with E-state index in [0.717, 1.165) is 55.4 Å². The topological polar surface area (TPSA) is 102 Å². The van der Waals surface area contributed by atoms with Gasteiger partial charge in [0.05, 0.1) is 30.6 Å². The molecule has 3 heterocycles. The number of carbonyl (C=O) groups excluding carboxylic acids is 2. The minimum atomic E-state index is -0.675. The van der Waals surface area contributed by atoms with E-state index in [1.807, 2.05) is 12.1 Å². The van der Waals surface area contributed by atoms with Gasteiger partial charge in [0.25, 0.3) is 0 Å². The van der Waals surface area contributed by atoms with Crippen LogP contribution in [0, 0.1) is 17.6 Å².